The number of H-pyrrole nitrogens is 1. The molecule has 0 aliphatic carbocycles. The third-order valence-corrected chi connectivity index (χ3v) is 6.57. The molecule has 4 aromatic rings. The van der Waals surface area contributed by atoms with Crippen LogP contribution in [0.25, 0.3) is 11.3 Å². The molecule has 1 atom stereocenters. The lowest BCUT2D eigenvalue weighted by atomic mass is 9.83. The molecular formula is C25H16N4O5S. The number of carbonyl (C=O) groups is 1. The molecule has 3 N–H and O–H groups in total. The van der Waals surface area contributed by atoms with Crippen LogP contribution in [-0.4, -0.2) is 23.0 Å². The number of carbonyl (C=O) groups excluding carboxylic acids is 1. The Balaban J connectivity index is 1.44. The van der Waals surface area contributed by atoms with E-state index in [2.05, 4.69) is 16.3 Å². The van der Waals surface area contributed by atoms with Gasteiger partial charge in [-0.25, -0.2) is 4.79 Å². The van der Waals surface area contributed by atoms with Crippen molar-refractivity contribution < 1.29 is 23.7 Å². The quantitative estimate of drug-likeness (QED) is 0.324. The number of hydrogen-bond donors (Lipinski definition) is 2. The predicted molar refractivity (Wildman–Crippen MR) is 125 cm³/mol. The van der Waals surface area contributed by atoms with Gasteiger partial charge in [0.2, 0.25) is 18.6 Å². The van der Waals surface area contributed by atoms with E-state index in [0.29, 0.717) is 38.9 Å². The highest BCUT2D eigenvalue weighted by Gasteiger charge is 2.36. The van der Waals surface area contributed by atoms with Gasteiger partial charge in [0.25, 0.3) is 0 Å². The van der Waals surface area contributed by atoms with Crippen molar-refractivity contribution in [3.05, 3.63) is 87.4 Å². The number of nitrogens with one attached hydrogen (secondary N) is 1. The lowest BCUT2D eigenvalue weighted by Gasteiger charge is -2.24. The number of allylic oxidation sites excluding steroid dienone is 1. The summed E-state index contributed by atoms with van der Waals surface area (Å²) in [4.78, 5) is 13.0. The number of esters is 1. The van der Waals surface area contributed by atoms with Crippen LogP contribution in [0.15, 0.2) is 71.4 Å². The molecule has 0 fully saturated rings. The molecule has 9 nitrogen and oxygen atoms in total. The zero-order valence-corrected chi connectivity index (χ0v) is 18.8. The van der Waals surface area contributed by atoms with Crippen molar-refractivity contribution in [3.8, 4) is 40.5 Å². The van der Waals surface area contributed by atoms with Crippen LogP contribution in [0, 0.1) is 11.3 Å². The monoisotopic (exact) mass is 484 g/mol. The highest BCUT2D eigenvalue weighted by Crippen LogP contribution is 2.47. The molecule has 2 aliphatic heterocycles. The Morgan fingerprint density at radius 3 is 2.89 bits per heavy atom. The van der Waals surface area contributed by atoms with E-state index in [-0.39, 0.29) is 24.1 Å². The van der Waals surface area contributed by atoms with Crippen molar-refractivity contribution >= 4 is 17.3 Å². The van der Waals surface area contributed by atoms with Crippen LogP contribution in [0.1, 0.15) is 26.7 Å². The number of aromatic nitrogens is 2. The van der Waals surface area contributed by atoms with Gasteiger partial charge in [-0.1, -0.05) is 18.2 Å². The topological polar surface area (TPSA) is 132 Å². The minimum absolute atomic E-state index is 0.0327. The molecule has 0 saturated heterocycles. The summed E-state index contributed by atoms with van der Waals surface area (Å²) >= 11 is 1.30. The Labute approximate surface area is 202 Å². The largest absolute Gasteiger partial charge is 0.454 e. The minimum Gasteiger partial charge on any atom is -0.454 e. The number of fused-ring (bicyclic) bond motifs is 2. The van der Waals surface area contributed by atoms with E-state index < -0.39 is 11.9 Å². The van der Waals surface area contributed by atoms with Crippen molar-refractivity contribution in [2.24, 2.45) is 5.73 Å². The van der Waals surface area contributed by atoms with Crippen LogP contribution in [0.4, 0.5) is 0 Å². The molecule has 35 heavy (non-hydrogen) atoms. The fourth-order valence-corrected chi connectivity index (χ4v) is 4.76. The number of rotatable bonds is 4. The number of benzene rings is 2. The smallest absolute Gasteiger partial charge is 0.353 e. The summed E-state index contributed by atoms with van der Waals surface area (Å²) in [7, 11) is 0. The second-order valence-electron chi connectivity index (χ2n) is 7.75. The van der Waals surface area contributed by atoms with E-state index >= 15 is 0 Å². The Hall–Kier alpha value is -4.75. The molecule has 0 saturated carbocycles. The fourth-order valence-electron chi connectivity index (χ4n) is 4.16. The summed E-state index contributed by atoms with van der Waals surface area (Å²) in [5.74, 6) is 0.773. The van der Waals surface area contributed by atoms with Crippen LogP contribution in [0.5, 0.6) is 23.1 Å². The van der Waals surface area contributed by atoms with Crippen molar-refractivity contribution in [3.63, 3.8) is 0 Å². The third-order valence-electron chi connectivity index (χ3n) is 5.72. The predicted octanol–water partition coefficient (Wildman–Crippen LogP) is 4.30. The first-order chi connectivity index (χ1) is 17.1. The van der Waals surface area contributed by atoms with E-state index in [0.717, 1.165) is 5.56 Å². The van der Waals surface area contributed by atoms with Crippen molar-refractivity contribution in [1.82, 2.24) is 10.2 Å². The van der Waals surface area contributed by atoms with Crippen LogP contribution >= 0.6 is 11.3 Å². The molecule has 0 radical (unpaired) electrons. The highest BCUT2D eigenvalue weighted by molar-refractivity contribution is 7.12. The molecule has 2 aromatic carbocycles. The Morgan fingerprint density at radius 1 is 1.17 bits per heavy atom. The van der Waals surface area contributed by atoms with Crippen LogP contribution < -0.4 is 24.7 Å². The first kappa shape index (κ1) is 20.8. The van der Waals surface area contributed by atoms with Crippen molar-refractivity contribution in [1.29, 1.82) is 5.26 Å². The second kappa shape index (κ2) is 8.23. The van der Waals surface area contributed by atoms with Gasteiger partial charge in [0, 0.05) is 5.56 Å². The number of nitrogens with two attached hydrogens (primary N) is 1. The van der Waals surface area contributed by atoms with Gasteiger partial charge in [-0.3, -0.25) is 5.10 Å². The minimum atomic E-state index is -0.608. The SMILES string of the molecule is N#CC1=C(N)Oc2n[nH]c(-c3ccc4c(c3)OCO4)c2[C@@H]1c1cccc(OC(=O)c2cccs2)c1. The number of nitriles is 1. The van der Waals surface area contributed by atoms with E-state index in [9.17, 15) is 10.1 Å². The summed E-state index contributed by atoms with van der Waals surface area (Å²) in [6, 6.07) is 18.2. The molecule has 0 amide bonds. The van der Waals surface area contributed by atoms with Gasteiger partial charge in [0.1, 0.15) is 22.3 Å². The fraction of sp³-hybridized carbons (Fsp3) is 0.0800. The Kier molecular flexibility index (Phi) is 4.90. The third kappa shape index (κ3) is 3.55. The number of hydrogen-bond acceptors (Lipinski definition) is 9. The molecule has 2 aliphatic rings. The van der Waals surface area contributed by atoms with Gasteiger partial charge < -0.3 is 24.7 Å². The lowest BCUT2D eigenvalue weighted by Crippen LogP contribution is -2.21. The summed E-state index contributed by atoms with van der Waals surface area (Å²) in [6.07, 6.45) is 0. The van der Waals surface area contributed by atoms with Gasteiger partial charge in [-0.15, -0.1) is 16.4 Å². The average molecular weight is 484 g/mol. The zero-order chi connectivity index (χ0) is 23.9. The second-order valence-corrected chi connectivity index (χ2v) is 8.70. The molecule has 4 heterocycles. The molecule has 0 unspecified atom stereocenters. The molecule has 0 spiro atoms. The van der Waals surface area contributed by atoms with Gasteiger partial charge in [-0.2, -0.15) is 5.26 Å². The van der Waals surface area contributed by atoms with Gasteiger partial charge >= 0.3 is 5.97 Å². The summed E-state index contributed by atoms with van der Waals surface area (Å²) in [5.41, 5.74) is 9.06. The maximum atomic E-state index is 12.5. The first-order valence-corrected chi connectivity index (χ1v) is 11.4. The summed E-state index contributed by atoms with van der Waals surface area (Å²) in [5, 5.41) is 19.1. The van der Waals surface area contributed by atoms with Crippen molar-refractivity contribution in [2.75, 3.05) is 6.79 Å². The van der Waals surface area contributed by atoms with Crippen LogP contribution in [0.2, 0.25) is 0 Å². The molecule has 0 bridgehead atoms. The normalized spacial score (nSPS) is 15.8. The van der Waals surface area contributed by atoms with Gasteiger partial charge in [0.05, 0.1) is 17.2 Å². The Morgan fingerprint density at radius 2 is 2.06 bits per heavy atom. The first-order valence-electron chi connectivity index (χ1n) is 10.5. The zero-order valence-electron chi connectivity index (χ0n) is 18.0. The van der Waals surface area contributed by atoms with Crippen LogP contribution in [0.3, 0.4) is 0 Å². The number of aromatic amines is 1. The summed E-state index contributed by atoms with van der Waals surface area (Å²) in [6.45, 7) is 0.153. The van der Waals surface area contributed by atoms with Gasteiger partial charge in [0.15, 0.2) is 11.5 Å². The van der Waals surface area contributed by atoms with Gasteiger partial charge in [-0.05, 0) is 47.3 Å². The molecule has 2 aromatic heterocycles. The number of ether oxygens (including phenoxy) is 4. The highest BCUT2D eigenvalue weighted by atomic mass is 32.1. The van der Waals surface area contributed by atoms with E-state index in [1.807, 2.05) is 24.3 Å². The maximum Gasteiger partial charge on any atom is 0.353 e. The molecule has 10 heteroatoms. The van der Waals surface area contributed by atoms with E-state index in [4.69, 9.17) is 24.7 Å². The van der Waals surface area contributed by atoms with Crippen LogP contribution in [-0.2, 0) is 0 Å². The Bertz CT molecular complexity index is 1530. The lowest BCUT2D eigenvalue weighted by molar-refractivity contribution is 0.0739. The molecule has 172 valence electrons. The maximum absolute atomic E-state index is 12.5. The molecular weight excluding hydrogens is 468 g/mol. The standard InChI is InChI=1S/C25H16N4O5S/c26-11-16-20(13-3-1-4-15(9-13)33-25(30)19-5-2-8-35-19)21-22(28-29-24(21)34-23(16)27)14-6-7-17-18(10-14)32-12-31-17/h1-10,20H,12,27H2,(H,28,29)/t20-/m1/s1. The average Bonchev–Trinajstić information content (AvgIpc) is 3.63. The van der Waals surface area contributed by atoms with E-state index in [1.54, 1.807) is 35.7 Å². The molecule has 6 rings (SSSR count). The number of nitrogens with zero attached hydrogens (tertiary/aromatic N) is 2. The van der Waals surface area contributed by atoms with Crippen molar-refractivity contribution in [2.45, 2.75) is 5.92 Å². The van der Waals surface area contributed by atoms with E-state index in [1.165, 1.54) is 11.3 Å². The number of thiophene rings is 1. The summed E-state index contributed by atoms with van der Waals surface area (Å²) < 4.78 is 22.2.